The SMILES string of the molecule is CC1=NC2=C(C(=O)CC(C)(C)C2)C(c2ccccc2C(F)(F)F)C1C#N. The minimum Gasteiger partial charge on any atom is -0.294 e. The highest BCUT2D eigenvalue weighted by atomic mass is 19.4. The van der Waals surface area contributed by atoms with Crippen molar-refractivity contribution in [1.82, 2.24) is 0 Å². The predicted octanol–water partition coefficient (Wildman–Crippen LogP) is 5.05. The van der Waals surface area contributed by atoms with Gasteiger partial charge in [-0.1, -0.05) is 32.0 Å². The van der Waals surface area contributed by atoms with Crippen molar-refractivity contribution in [3.8, 4) is 6.07 Å². The molecule has 1 heterocycles. The molecule has 3 rings (SSSR count). The van der Waals surface area contributed by atoms with Gasteiger partial charge in [0.15, 0.2) is 5.78 Å². The van der Waals surface area contributed by atoms with Gasteiger partial charge < -0.3 is 0 Å². The van der Waals surface area contributed by atoms with Gasteiger partial charge in [0.1, 0.15) is 0 Å². The second-order valence-electron chi connectivity index (χ2n) is 7.72. The molecule has 3 nitrogen and oxygen atoms in total. The van der Waals surface area contributed by atoms with Crippen LogP contribution in [-0.4, -0.2) is 11.5 Å². The Balaban J connectivity index is 2.26. The van der Waals surface area contributed by atoms with Gasteiger partial charge in [0.2, 0.25) is 0 Å². The number of carbonyl (C=O) groups is 1. The molecule has 0 spiro atoms. The molecule has 1 aliphatic carbocycles. The lowest BCUT2D eigenvalue weighted by Crippen LogP contribution is -2.35. The first-order chi connectivity index (χ1) is 12.0. The number of rotatable bonds is 1. The second-order valence-corrected chi connectivity index (χ2v) is 7.72. The average Bonchev–Trinajstić information content (AvgIpc) is 2.51. The van der Waals surface area contributed by atoms with E-state index in [1.54, 1.807) is 6.92 Å². The molecule has 1 aromatic carbocycles. The largest absolute Gasteiger partial charge is 0.416 e. The van der Waals surface area contributed by atoms with Crippen LogP contribution < -0.4 is 0 Å². The summed E-state index contributed by atoms with van der Waals surface area (Å²) in [5.41, 5.74) is 0.132. The molecular weight excluding hydrogens is 341 g/mol. The monoisotopic (exact) mass is 360 g/mol. The van der Waals surface area contributed by atoms with Crippen LogP contribution in [0, 0.1) is 22.7 Å². The van der Waals surface area contributed by atoms with Crippen molar-refractivity contribution in [3.05, 3.63) is 46.7 Å². The summed E-state index contributed by atoms with van der Waals surface area (Å²) in [6.45, 7) is 5.52. The molecule has 1 aliphatic heterocycles. The first-order valence-corrected chi connectivity index (χ1v) is 8.42. The summed E-state index contributed by atoms with van der Waals surface area (Å²) in [5.74, 6) is -2.04. The Kier molecular flexibility index (Phi) is 4.30. The van der Waals surface area contributed by atoms with E-state index in [2.05, 4.69) is 11.1 Å². The number of hydrogen-bond donors (Lipinski definition) is 0. The van der Waals surface area contributed by atoms with Crippen molar-refractivity contribution < 1.29 is 18.0 Å². The molecule has 2 aliphatic rings. The molecule has 0 radical (unpaired) electrons. The van der Waals surface area contributed by atoms with Crippen molar-refractivity contribution in [2.45, 2.75) is 45.7 Å². The van der Waals surface area contributed by atoms with Crippen LogP contribution in [0.2, 0.25) is 0 Å². The third-order valence-electron chi connectivity index (χ3n) is 5.04. The molecule has 6 heteroatoms. The number of allylic oxidation sites excluding steroid dienone is 2. The summed E-state index contributed by atoms with van der Waals surface area (Å²) < 4.78 is 40.7. The van der Waals surface area contributed by atoms with Gasteiger partial charge in [-0.2, -0.15) is 18.4 Å². The van der Waals surface area contributed by atoms with Gasteiger partial charge in [-0.15, -0.1) is 0 Å². The molecule has 0 saturated carbocycles. The maximum Gasteiger partial charge on any atom is 0.416 e. The average molecular weight is 360 g/mol. The van der Waals surface area contributed by atoms with Gasteiger partial charge >= 0.3 is 6.18 Å². The molecule has 2 atom stereocenters. The number of alkyl halides is 3. The number of nitrogens with zero attached hydrogens (tertiary/aromatic N) is 2. The quantitative estimate of drug-likeness (QED) is 0.704. The zero-order chi connectivity index (χ0) is 19.3. The van der Waals surface area contributed by atoms with E-state index >= 15 is 0 Å². The number of Topliss-reactive ketones (excluding diaryl/α,β-unsaturated/α-hetero) is 1. The van der Waals surface area contributed by atoms with Crippen LogP contribution in [0.4, 0.5) is 13.2 Å². The Morgan fingerprint density at radius 2 is 1.88 bits per heavy atom. The van der Waals surface area contributed by atoms with Crippen molar-refractivity contribution in [1.29, 1.82) is 5.26 Å². The van der Waals surface area contributed by atoms with E-state index in [0.717, 1.165) is 6.07 Å². The zero-order valence-electron chi connectivity index (χ0n) is 14.8. The Hall–Kier alpha value is -2.42. The van der Waals surface area contributed by atoms with Crippen LogP contribution in [-0.2, 0) is 11.0 Å². The lowest BCUT2D eigenvalue weighted by Gasteiger charge is -2.38. The molecule has 0 saturated heterocycles. The third-order valence-corrected chi connectivity index (χ3v) is 5.04. The third kappa shape index (κ3) is 3.07. The first kappa shape index (κ1) is 18.4. The standard InChI is InChI=1S/C20H19F3N2O/c1-11-13(10-24)17(12-6-4-5-7-14(12)20(21,22)23)18-15(25-11)8-19(2,3)9-16(18)26/h4-7,13,17H,8-9H2,1-3H3. The minimum atomic E-state index is -4.56. The Labute approximate surface area is 150 Å². The lowest BCUT2D eigenvalue weighted by atomic mass is 9.66. The van der Waals surface area contributed by atoms with E-state index < -0.39 is 23.6 Å². The lowest BCUT2D eigenvalue weighted by molar-refractivity contribution is -0.138. The summed E-state index contributed by atoms with van der Waals surface area (Å²) >= 11 is 0. The van der Waals surface area contributed by atoms with Crippen LogP contribution in [0.5, 0.6) is 0 Å². The van der Waals surface area contributed by atoms with Crippen LogP contribution in [0.3, 0.4) is 0 Å². The fourth-order valence-electron chi connectivity index (χ4n) is 3.97. The van der Waals surface area contributed by atoms with Crippen LogP contribution >= 0.6 is 0 Å². The van der Waals surface area contributed by atoms with Crippen LogP contribution in [0.25, 0.3) is 0 Å². The molecule has 0 aromatic heterocycles. The van der Waals surface area contributed by atoms with Gasteiger partial charge in [0, 0.05) is 29.3 Å². The van der Waals surface area contributed by atoms with Crippen molar-refractivity contribution in [2.75, 3.05) is 0 Å². The van der Waals surface area contributed by atoms with E-state index in [1.807, 2.05) is 13.8 Å². The van der Waals surface area contributed by atoms with E-state index in [4.69, 9.17) is 0 Å². The van der Waals surface area contributed by atoms with Crippen molar-refractivity contribution in [2.24, 2.45) is 16.3 Å². The number of carbonyl (C=O) groups excluding carboxylic acids is 1. The number of halogens is 3. The number of aliphatic imine (C=N–C) groups is 1. The second kappa shape index (κ2) is 6.08. The number of ketones is 1. The molecular formula is C20H19F3N2O. The molecule has 136 valence electrons. The predicted molar refractivity (Wildman–Crippen MR) is 91.4 cm³/mol. The number of benzene rings is 1. The minimum absolute atomic E-state index is 0.0265. The first-order valence-electron chi connectivity index (χ1n) is 8.42. The van der Waals surface area contributed by atoms with Gasteiger partial charge in [0.25, 0.3) is 0 Å². The zero-order valence-corrected chi connectivity index (χ0v) is 14.8. The van der Waals surface area contributed by atoms with Gasteiger partial charge in [-0.25, -0.2) is 0 Å². The Bertz CT molecular complexity index is 872. The van der Waals surface area contributed by atoms with E-state index in [0.29, 0.717) is 17.8 Å². The van der Waals surface area contributed by atoms with Crippen molar-refractivity contribution in [3.63, 3.8) is 0 Å². The molecule has 2 unspecified atom stereocenters. The summed E-state index contributed by atoms with van der Waals surface area (Å²) in [7, 11) is 0. The summed E-state index contributed by atoms with van der Waals surface area (Å²) in [5, 5.41) is 9.62. The topological polar surface area (TPSA) is 53.2 Å². The molecule has 0 amide bonds. The molecule has 1 aromatic rings. The Morgan fingerprint density at radius 3 is 2.50 bits per heavy atom. The molecule has 0 N–H and O–H groups in total. The van der Waals surface area contributed by atoms with Crippen molar-refractivity contribution >= 4 is 11.5 Å². The fraction of sp³-hybridized carbons (Fsp3) is 0.450. The van der Waals surface area contributed by atoms with Crippen LogP contribution in [0.15, 0.2) is 40.5 Å². The highest BCUT2D eigenvalue weighted by molar-refractivity contribution is 6.03. The van der Waals surface area contributed by atoms with E-state index in [-0.39, 0.29) is 28.8 Å². The number of nitriles is 1. The fourth-order valence-corrected chi connectivity index (χ4v) is 3.97. The molecule has 0 fully saturated rings. The summed E-state index contributed by atoms with van der Waals surface area (Å²) in [4.78, 5) is 17.3. The molecule has 26 heavy (non-hydrogen) atoms. The highest BCUT2D eigenvalue weighted by Crippen LogP contribution is 2.49. The Morgan fingerprint density at radius 1 is 1.23 bits per heavy atom. The van der Waals surface area contributed by atoms with Gasteiger partial charge in [-0.05, 0) is 30.4 Å². The smallest absolute Gasteiger partial charge is 0.294 e. The highest BCUT2D eigenvalue weighted by Gasteiger charge is 2.46. The van der Waals surface area contributed by atoms with E-state index in [9.17, 15) is 23.2 Å². The number of hydrogen-bond acceptors (Lipinski definition) is 3. The maximum absolute atomic E-state index is 13.6. The maximum atomic E-state index is 13.6. The summed E-state index contributed by atoms with van der Waals surface area (Å²) in [6, 6.07) is 7.27. The van der Waals surface area contributed by atoms with E-state index in [1.165, 1.54) is 18.2 Å². The van der Waals surface area contributed by atoms with Gasteiger partial charge in [-0.3, -0.25) is 9.79 Å². The molecule has 0 bridgehead atoms. The van der Waals surface area contributed by atoms with Crippen LogP contribution in [0.1, 0.15) is 50.7 Å². The summed E-state index contributed by atoms with van der Waals surface area (Å²) in [6.07, 6.45) is -3.81. The van der Waals surface area contributed by atoms with Gasteiger partial charge in [0.05, 0.1) is 17.6 Å². The normalized spacial score (nSPS) is 25.4.